The zero-order valence-electron chi connectivity index (χ0n) is 9.82. The Morgan fingerprint density at radius 3 is 2.81 bits per heavy atom. The second-order valence-electron chi connectivity index (χ2n) is 5.16. The summed E-state index contributed by atoms with van der Waals surface area (Å²) in [6.45, 7) is 2.25. The average molecular weight is 220 g/mol. The Hall–Kier alpha value is -1.09. The molecule has 0 spiro atoms. The summed E-state index contributed by atoms with van der Waals surface area (Å²) >= 11 is 0. The summed E-state index contributed by atoms with van der Waals surface area (Å²) in [5, 5.41) is 10.5. The third kappa shape index (κ3) is 2.53. The number of hydrogen-bond donors (Lipinski definition) is 2. The molecule has 0 unspecified atom stereocenters. The zero-order chi connectivity index (χ0) is 11.6. The van der Waals surface area contributed by atoms with E-state index in [2.05, 4.69) is 11.9 Å². The van der Waals surface area contributed by atoms with Crippen LogP contribution in [0.1, 0.15) is 38.2 Å². The lowest BCUT2D eigenvalue weighted by Gasteiger charge is -2.35. The summed E-state index contributed by atoms with van der Waals surface area (Å²) in [7, 11) is 0. The monoisotopic (exact) mass is 220 g/mol. The van der Waals surface area contributed by atoms with Gasteiger partial charge in [-0.05, 0) is 43.2 Å². The maximum absolute atomic E-state index is 10.5. The minimum absolute atomic E-state index is 0.566. The molecule has 0 amide bonds. The summed E-state index contributed by atoms with van der Waals surface area (Å²) in [6, 6.07) is 1.80. The Morgan fingerprint density at radius 2 is 2.19 bits per heavy atom. The van der Waals surface area contributed by atoms with Gasteiger partial charge in [-0.25, -0.2) is 0 Å². The van der Waals surface area contributed by atoms with Crippen molar-refractivity contribution in [2.45, 2.75) is 44.6 Å². The minimum Gasteiger partial charge on any atom is -0.398 e. The number of aliphatic hydroxyl groups is 1. The van der Waals surface area contributed by atoms with E-state index in [9.17, 15) is 5.11 Å². The number of nitrogens with two attached hydrogens (primary N) is 1. The van der Waals surface area contributed by atoms with E-state index in [1.807, 2.05) is 0 Å². The lowest BCUT2D eigenvalue weighted by molar-refractivity contribution is -0.00660. The van der Waals surface area contributed by atoms with Gasteiger partial charge < -0.3 is 10.8 Å². The molecule has 0 aromatic carbocycles. The van der Waals surface area contributed by atoms with Gasteiger partial charge in [0.1, 0.15) is 0 Å². The van der Waals surface area contributed by atoms with Gasteiger partial charge in [0.15, 0.2) is 0 Å². The second kappa shape index (κ2) is 4.42. The number of nitrogen functional groups attached to an aromatic ring is 1. The van der Waals surface area contributed by atoms with Crippen LogP contribution in [0.2, 0.25) is 0 Å². The Labute approximate surface area is 96.7 Å². The first-order chi connectivity index (χ1) is 7.59. The summed E-state index contributed by atoms with van der Waals surface area (Å²) in [5.74, 6) is 0.742. The third-order valence-electron chi connectivity index (χ3n) is 3.67. The molecule has 3 N–H and O–H groups in total. The van der Waals surface area contributed by atoms with E-state index in [0.29, 0.717) is 6.42 Å². The van der Waals surface area contributed by atoms with Crippen molar-refractivity contribution >= 4 is 5.69 Å². The van der Waals surface area contributed by atoms with Gasteiger partial charge in [0.05, 0.1) is 5.60 Å². The van der Waals surface area contributed by atoms with Crippen LogP contribution >= 0.6 is 0 Å². The number of nitrogens with zero attached hydrogens (tertiary/aromatic N) is 1. The van der Waals surface area contributed by atoms with Gasteiger partial charge in [0, 0.05) is 24.5 Å². The number of hydrogen-bond acceptors (Lipinski definition) is 3. The van der Waals surface area contributed by atoms with Crippen molar-refractivity contribution in [3.8, 4) is 0 Å². The van der Waals surface area contributed by atoms with Gasteiger partial charge in [0.25, 0.3) is 0 Å². The molecule has 0 aliphatic heterocycles. The number of pyridine rings is 1. The van der Waals surface area contributed by atoms with Crippen molar-refractivity contribution in [2.75, 3.05) is 5.73 Å². The first-order valence-corrected chi connectivity index (χ1v) is 6.00. The van der Waals surface area contributed by atoms with E-state index >= 15 is 0 Å². The molecule has 1 heterocycles. The molecule has 16 heavy (non-hydrogen) atoms. The maximum atomic E-state index is 10.5. The fourth-order valence-electron chi connectivity index (χ4n) is 2.42. The summed E-state index contributed by atoms with van der Waals surface area (Å²) in [5.41, 5.74) is 7.02. The Morgan fingerprint density at radius 1 is 1.50 bits per heavy atom. The fraction of sp³-hybridized carbons (Fsp3) is 0.615. The highest BCUT2D eigenvalue weighted by Gasteiger charge is 2.32. The standard InChI is InChI=1S/C13H20N2O/c1-10-2-5-13(16,6-3-10)8-11-9-15-7-4-12(11)14/h4,7,9-10,16H,2-3,5-6,8H2,1H3,(H2,14,15). The van der Waals surface area contributed by atoms with E-state index in [4.69, 9.17) is 5.73 Å². The molecule has 2 rings (SSSR count). The molecular weight excluding hydrogens is 200 g/mol. The average Bonchev–Trinajstić information content (AvgIpc) is 2.27. The Balaban J connectivity index is 2.07. The molecule has 3 heteroatoms. The minimum atomic E-state index is -0.566. The van der Waals surface area contributed by atoms with Gasteiger partial charge in [-0.1, -0.05) is 6.92 Å². The fourth-order valence-corrected chi connectivity index (χ4v) is 2.42. The van der Waals surface area contributed by atoms with Gasteiger partial charge in [-0.3, -0.25) is 4.98 Å². The molecule has 1 aromatic heterocycles. The van der Waals surface area contributed by atoms with Gasteiger partial charge >= 0.3 is 0 Å². The molecule has 1 aliphatic rings. The van der Waals surface area contributed by atoms with Crippen LogP contribution in [0.3, 0.4) is 0 Å². The van der Waals surface area contributed by atoms with Crippen LogP contribution in [0.15, 0.2) is 18.5 Å². The van der Waals surface area contributed by atoms with Crippen LogP contribution in [0.4, 0.5) is 5.69 Å². The molecule has 1 aliphatic carbocycles. The predicted octanol–water partition coefficient (Wildman–Crippen LogP) is 2.15. The number of rotatable bonds is 2. The molecule has 3 nitrogen and oxygen atoms in total. The topological polar surface area (TPSA) is 59.1 Å². The highest BCUT2D eigenvalue weighted by Crippen LogP contribution is 2.34. The van der Waals surface area contributed by atoms with Gasteiger partial charge in [-0.15, -0.1) is 0 Å². The van der Waals surface area contributed by atoms with Crippen LogP contribution in [0.5, 0.6) is 0 Å². The Kier molecular flexibility index (Phi) is 3.15. The molecule has 1 saturated carbocycles. The Bertz CT molecular complexity index is 357. The van der Waals surface area contributed by atoms with E-state index in [1.54, 1.807) is 18.5 Å². The predicted molar refractivity (Wildman–Crippen MR) is 64.9 cm³/mol. The van der Waals surface area contributed by atoms with Crippen LogP contribution in [0.25, 0.3) is 0 Å². The normalized spacial score (nSPS) is 30.2. The highest BCUT2D eigenvalue weighted by molar-refractivity contribution is 5.45. The van der Waals surface area contributed by atoms with Crippen molar-refractivity contribution in [1.29, 1.82) is 0 Å². The summed E-state index contributed by atoms with van der Waals surface area (Å²) < 4.78 is 0. The molecule has 0 atom stereocenters. The molecule has 1 aromatic rings. The third-order valence-corrected chi connectivity index (χ3v) is 3.67. The van der Waals surface area contributed by atoms with Gasteiger partial charge in [-0.2, -0.15) is 0 Å². The van der Waals surface area contributed by atoms with Crippen molar-refractivity contribution in [3.63, 3.8) is 0 Å². The van der Waals surface area contributed by atoms with Crippen LogP contribution in [-0.4, -0.2) is 15.7 Å². The van der Waals surface area contributed by atoms with E-state index < -0.39 is 5.60 Å². The first kappa shape index (κ1) is 11.4. The molecule has 0 saturated heterocycles. The molecule has 0 bridgehead atoms. The lowest BCUT2D eigenvalue weighted by Crippen LogP contribution is -2.36. The van der Waals surface area contributed by atoms with Crippen LogP contribution in [0, 0.1) is 5.92 Å². The number of anilines is 1. The lowest BCUT2D eigenvalue weighted by atomic mass is 9.76. The first-order valence-electron chi connectivity index (χ1n) is 6.00. The van der Waals surface area contributed by atoms with E-state index in [0.717, 1.165) is 42.9 Å². The van der Waals surface area contributed by atoms with Crippen molar-refractivity contribution in [2.24, 2.45) is 5.92 Å². The van der Waals surface area contributed by atoms with Crippen molar-refractivity contribution < 1.29 is 5.11 Å². The molecule has 0 radical (unpaired) electrons. The smallest absolute Gasteiger partial charge is 0.0689 e. The maximum Gasteiger partial charge on any atom is 0.0689 e. The zero-order valence-corrected chi connectivity index (χ0v) is 9.82. The quantitative estimate of drug-likeness (QED) is 0.803. The van der Waals surface area contributed by atoms with E-state index in [-0.39, 0.29) is 0 Å². The largest absolute Gasteiger partial charge is 0.398 e. The van der Waals surface area contributed by atoms with Crippen molar-refractivity contribution in [1.82, 2.24) is 4.98 Å². The summed E-state index contributed by atoms with van der Waals surface area (Å²) in [4.78, 5) is 4.07. The van der Waals surface area contributed by atoms with Crippen LogP contribution in [-0.2, 0) is 6.42 Å². The molecule has 88 valence electrons. The van der Waals surface area contributed by atoms with Crippen LogP contribution < -0.4 is 5.73 Å². The van der Waals surface area contributed by atoms with Gasteiger partial charge in [0.2, 0.25) is 0 Å². The van der Waals surface area contributed by atoms with Crippen molar-refractivity contribution in [3.05, 3.63) is 24.0 Å². The summed E-state index contributed by atoms with van der Waals surface area (Å²) in [6.07, 6.45) is 8.06. The highest BCUT2D eigenvalue weighted by atomic mass is 16.3. The molecule has 1 fully saturated rings. The molecular formula is C13H20N2O. The number of aromatic nitrogens is 1. The van der Waals surface area contributed by atoms with E-state index in [1.165, 1.54) is 0 Å². The second-order valence-corrected chi connectivity index (χ2v) is 5.16. The SMILES string of the molecule is CC1CCC(O)(Cc2cnccc2N)CC1.